The van der Waals surface area contributed by atoms with E-state index in [1.807, 2.05) is 0 Å². The van der Waals surface area contributed by atoms with E-state index in [1.165, 1.54) is 32.2 Å². The normalized spacial score (nSPS) is 57.2. The van der Waals surface area contributed by atoms with Crippen LogP contribution in [-0.4, -0.2) is 23.8 Å². The molecule has 0 radical (unpaired) electrons. The Hall–Kier alpha value is -0.0800. The van der Waals surface area contributed by atoms with Crippen LogP contribution in [0.1, 0.15) is 32.1 Å². The van der Waals surface area contributed by atoms with Gasteiger partial charge in [0.1, 0.15) is 0 Å². The second kappa shape index (κ2) is 2.24. The highest BCUT2D eigenvalue weighted by Gasteiger charge is 2.53. The number of rotatable bonds is 0. The molecule has 2 unspecified atom stereocenters. The van der Waals surface area contributed by atoms with Crippen molar-refractivity contribution in [2.45, 2.75) is 44.2 Å². The molecule has 68 valence electrons. The lowest BCUT2D eigenvalue weighted by Crippen LogP contribution is -2.49. The molecule has 4 fully saturated rings. The second-order valence-electron chi connectivity index (χ2n) is 5.04. The molecular weight excluding hydrogens is 150 g/mol. The lowest BCUT2D eigenvalue weighted by molar-refractivity contribution is -0.0858. The summed E-state index contributed by atoms with van der Waals surface area (Å²) in [6, 6.07) is 0.723. The maximum atomic E-state index is 9.91. The fraction of sp³-hybridized carbons (Fsp3) is 1.00. The van der Waals surface area contributed by atoms with Gasteiger partial charge in [0.15, 0.2) is 0 Å². The van der Waals surface area contributed by atoms with Gasteiger partial charge in [-0.1, -0.05) is 0 Å². The summed E-state index contributed by atoms with van der Waals surface area (Å²) in [5, 5.41) is 13.5. The van der Waals surface area contributed by atoms with Crippen LogP contribution < -0.4 is 5.32 Å². The SMILES string of the molecule is OC1CCC2CC13CC(CN2)C3. The van der Waals surface area contributed by atoms with Crippen LogP contribution in [0.5, 0.6) is 0 Å². The maximum Gasteiger partial charge on any atom is 0.0597 e. The first-order valence-corrected chi connectivity index (χ1v) is 5.20. The third-order valence-electron chi connectivity index (χ3n) is 4.23. The second-order valence-corrected chi connectivity index (χ2v) is 5.04. The topological polar surface area (TPSA) is 32.3 Å². The van der Waals surface area contributed by atoms with E-state index in [9.17, 15) is 5.11 Å². The van der Waals surface area contributed by atoms with E-state index in [-0.39, 0.29) is 6.10 Å². The summed E-state index contributed by atoms with van der Waals surface area (Å²) >= 11 is 0. The molecule has 1 spiro atoms. The molecule has 4 rings (SSSR count). The van der Waals surface area contributed by atoms with Crippen LogP contribution in [0.15, 0.2) is 0 Å². The molecular formula is C10H17NO. The van der Waals surface area contributed by atoms with Crippen molar-refractivity contribution >= 4 is 0 Å². The minimum atomic E-state index is 0.0184. The van der Waals surface area contributed by atoms with Crippen molar-refractivity contribution in [2.75, 3.05) is 6.54 Å². The Morgan fingerprint density at radius 3 is 2.83 bits per heavy atom. The first-order chi connectivity index (χ1) is 5.78. The van der Waals surface area contributed by atoms with E-state index >= 15 is 0 Å². The van der Waals surface area contributed by atoms with Crippen LogP contribution in [-0.2, 0) is 0 Å². The van der Waals surface area contributed by atoms with Gasteiger partial charge in [0, 0.05) is 6.04 Å². The van der Waals surface area contributed by atoms with Crippen molar-refractivity contribution in [1.29, 1.82) is 0 Å². The minimum Gasteiger partial charge on any atom is -0.393 e. The summed E-state index contributed by atoms with van der Waals surface area (Å²) < 4.78 is 0. The maximum absolute atomic E-state index is 9.91. The monoisotopic (exact) mass is 167 g/mol. The first kappa shape index (κ1) is 7.34. The molecule has 0 aromatic carbocycles. The molecule has 4 aliphatic rings. The molecule has 2 atom stereocenters. The zero-order chi connectivity index (χ0) is 8.18. The highest BCUT2D eigenvalue weighted by molar-refractivity contribution is 5.06. The van der Waals surface area contributed by atoms with Gasteiger partial charge in [-0.05, 0) is 50.0 Å². The Kier molecular flexibility index (Phi) is 1.37. The summed E-state index contributed by atoms with van der Waals surface area (Å²) in [7, 11) is 0. The van der Waals surface area contributed by atoms with Gasteiger partial charge in [0.25, 0.3) is 0 Å². The Morgan fingerprint density at radius 1 is 1.17 bits per heavy atom. The van der Waals surface area contributed by atoms with Gasteiger partial charge in [-0.15, -0.1) is 0 Å². The number of fused-ring (bicyclic) bond motifs is 1. The fourth-order valence-electron chi connectivity index (χ4n) is 3.57. The molecule has 0 aromatic heterocycles. The molecule has 3 bridgehead atoms. The van der Waals surface area contributed by atoms with Crippen molar-refractivity contribution in [3.05, 3.63) is 0 Å². The van der Waals surface area contributed by atoms with E-state index in [1.54, 1.807) is 0 Å². The van der Waals surface area contributed by atoms with E-state index < -0.39 is 0 Å². The van der Waals surface area contributed by atoms with Gasteiger partial charge in [0.05, 0.1) is 6.10 Å². The van der Waals surface area contributed by atoms with Crippen molar-refractivity contribution in [1.82, 2.24) is 5.32 Å². The van der Waals surface area contributed by atoms with Gasteiger partial charge in [0.2, 0.25) is 0 Å². The quantitative estimate of drug-likeness (QED) is 0.562. The van der Waals surface area contributed by atoms with Crippen molar-refractivity contribution in [2.24, 2.45) is 11.3 Å². The van der Waals surface area contributed by atoms with E-state index in [4.69, 9.17) is 0 Å². The van der Waals surface area contributed by atoms with E-state index in [0.717, 1.165) is 18.4 Å². The highest BCUT2D eigenvalue weighted by Crippen LogP contribution is 2.56. The molecule has 12 heavy (non-hydrogen) atoms. The molecule has 2 N–H and O–H groups in total. The minimum absolute atomic E-state index is 0.0184. The summed E-state index contributed by atoms with van der Waals surface area (Å²) in [5.41, 5.74) is 0.358. The molecule has 2 heteroatoms. The van der Waals surface area contributed by atoms with Gasteiger partial charge in [-0.2, -0.15) is 0 Å². The first-order valence-electron chi connectivity index (χ1n) is 5.20. The zero-order valence-corrected chi connectivity index (χ0v) is 7.42. The molecule has 0 aromatic rings. The molecule has 0 amide bonds. The van der Waals surface area contributed by atoms with Crippen LogP contribution in [0.2, 0.25) is 0 Å². The van der Waals surface area contributed by atoms with Crippen LogP contribution in [0.3, 0.4) is 0 Å². The lowest BCUT2D eigenvalue weighted by atomic mass is 9.55. The van der Waals surface area contributed by atoms with Crippen LogP contribution in [0.25, 0.3) is 0 Å². The fourth-order valence-corrected chi connectivity index (χ4v) is 3.57. The van der Waals surface area contributed by atoms with E-state index in [0.29, 0.717) is 5.41 Å². The lowest BCUT2D eigenvalue weighted by Gasteiger charge is -2.51. The standard InChI is InChI=1S/C10H17NO/c12-9-2-1-8-5-10(9)3-7(4-10)6-11-8/h7-9,11-12H,1-6H2. The summed E-state index contributed by atoms with van der Waals surface area (Å²) in [5.74, 6) is 0.878. The van der Waals surface area contributed by atoms with Crippen molar-refractivity contribution in [3.8, 4) is 0 Å². The average Bonchev–Trinajstić information content (AvgIpc) is 2.23. The van der Waals surface area contributed by atoms with Gasteiger partial charge < -0.3 is 10.4 Å². The zero-order valence-electron chi connectivity index (χ0n) is 7.42. The smallest absolute Gasteiger partial charge is 0.0597 e. The van der Waals surface area contributed by atoms with Crippen LogP contribution in [0.4, 0.5) is 0 Å². The molecule has 2 saturated heterocycles. The largest absolute Gasteiger partial charge is 0.393 e. The summed E-state index contributed by atoms with van der Waals surface area (Å²) in [6.07, 6.45) is 6.06. The summed E-state index contributed by atoms with van der Waals surface area (Å²) in [6.45, 7) is 1.21. The molecule has 2 aliphatic heterocycles. The Balaban J connectivity index is 1.88. The number of aliphatic hydroxyl groups excluding tert-OH is 1. The van der Waals surface area contributed by atoms with Crippen molar-refractivity contribution < 1.29 is 5.11 Å². The van der Waals surface area contributed by atoms with Crippen LogP contribution >= 0.6 is 0 Å². The average molecular weight is 167 g/mol. The molecule has 2 heterocycles. The predicted molar refractivity (Wildman–Crippen MR) is 46.8 cm³/mol. The summed E-state index contributed by atoms with van der Waals surface area (Å²) in [4.78, 5) is 0. The number of nitrogens with one attached hydrogen (secondary N) is 1. The predicted octanol–water partition coefficient (Wildman–Crippen LogP) is 0.899. The van der Waals surface area contributed by atoms with Crippen molar-refractivity contribution in [3.63, 3.8) is 0 Å². The number of hydrogen-bond acceptors (Lipinski definition) is 2. The molecule has 2 saturated carbocycles. The molecule has 2 aliphatic carbocycles. The van der Waals surface area contributed by atoms with E-state index in [2.05, 4.69) is 5.32 Å². The Labute approximate surface area is 73.4 Å². The number of aliphatic hydroxyl groups is 1. The molecule has 2 nitrogen and oxygen atoms in total. The van der Waals surface area contributed by atoms with Gasteiger partial charge in [-0.25, -0.2) is 0 Å². The Morgan fingerprint density at radius 2 is 2.00 bits per heavy atom. The third-order valence-corrected chi connectivity index (χ3v) is 4.23. The Bertz CT molecular complexity index is 198. The number of hydrogen-bond donors (Lipinski definition) is 2. The van der Waals surface area contributed by atoms with Gasteiger partial charge >= 0.3 is 0 Å². The van der Waals surface area contributed by atoms with Gasteiger partial charge in [-0.3, -0.25) is 0 Å². The highest BCUT2D eigenvalue weighted by atomic mass is 16.3. The van der Waals surface area contributed by atoms with Crippen LogP contribution in [0, 0.1) is 11.3 Å². The third kappa shape index (κ3) is 0.826.